The Bertz CT molecular complexity index is 74.4. The molecule has 0 bridgehead atoms. The highest BCUT2D eigenvalue weighted by atomic mass is 19.1. The second-order valence-corrected chi connectivity index (χ2v) is 1.23. The van der Waals surface area contributed by atoms with Crippen molar-refractivity contribution in [1.29, 1.82) is 0 Å². The zero-order valence-corrected chi connectivity index (χ0v) is 4.64. The number of hydrogen-bond donors (Lipinski definition) is 0. The van der Waals surface area contributed by atoms with E-state index in [1.807, 2.05) is 0 Å². The molecular weight excluding hydrogens is 114 g/mol. The fourth-order valence-electron chi connectivity index (χ4n) is 0.273. The van der Waals surface area contributed by atoms with Gasteiger partial charge in [0.1, 0.15) is 0 Å². The Labute approximate surface area is 46.6 Å². The Morgan fingerprint density at radius 2 is 2.25 bits per heavy atom. The maximum Gasteiger partial charge on any atom is 0.212 e. The summed E-state index contributed by atoms with van der Waals surface area (Å²) in [6, 6.07) is 0. The summed E-state index contributed by atoms with van der Waals surface area (Å²) in [6.45, 7) is -0.680. The Morgan fingerprint density at radius 3 is 2.62 bits per heavy atom. The van der Waals surface area contributed by atoms with Gasteiger partial charge in [-0.25, -0.2) is 4.39 Å². The average Bonchev–Trinajstić information content (AvgIpc) is 1.68. The molecule has 0 aromatic heterocycles. The SMILES string of the molecule is CN=NC(F)CCF. The number of halogens is 2. The minimum absolute atomic E-state index is 0.183. The molecule has 0 aromatic carbocycles. The molecule has 0 amide bonds. The number of rotatable bonds is 3. The van der Waals surface area contributed by atoms with Crippen molar-refractivity contribution in [2.75, 3.05) is 13.7 Å². The minimum Gasteiger partial charge on any atom is -0.251 e. The van der Waals surface area contributed by atoms with Crippen molar-refractivity contribution in [2.45, 2.75) is 12.7 Å². The summed E-state index contributed by atoms with van der Waals surface area (Å²) in [5.74, 6) is 0. The van der Waals surface area contributed by atoms with Crippen LogP contribution in [-0.4, -0.2) is 20.0 Å². The summed E-state index contributed by atoms with van der Waals surface area (Å²) >= 11 is 0. The van der Waals surface area contributed by atoms with E-state index in [0.717, 1.165) is 0 Å². The van der Waals surface area contributed by atoms with Crippen LogP contribution >= 0.6 is 0 Å². The Hall–Kier alpha value is -0.540. The van der Waals surface area contributed by atoms with Gasteiger partial charge < -0.3 is 0 Å². The molecule has 0 N–H and O–H groups in total. The molecule has 4 heteroatoms. The molecule has 1 atom stereocenters. The van der Waals surface area contributed by atoms with Crippen LogP contribution in [0.1, 0.15) is 6.42 Å². The molecule has 0 aliphatic rings. The van der Waals surface area contributed by atoms with E-state index in [2.05, 4.69) is 10.2 Å². The van der Waals surface area contributed by atoms with Crippen LogP contribution in [0.5, 0.6) is 0 Å². The third kappa shape index (κ3) is 3.64. The highest BCUT2D eigenvalue weighted by molar-refractivity contribution is 4.45. The molecule has 0 saturated carbocycles. The molecule has 8 heavy (non-hydrogen) atoms. The quantitative estimate of drug-likeness (QED) is 0.402. The van der Waals surface area contributed by atoms with Gasteiger partial charge in [0, 0.05) is 13.5 Å². The summed E-state index contributed by atoms with van der Waals surface area (Å²) in [4.78, 5) is 0. The Kier molecular flexibility index (Phi) is 4.30. The van der Waals surface area contributed by atoms with Gasteiger partial charge in [-0.05, 0) is 0 Å². The van der Waals surface area contributed by atoms with Gasteiger partial charge in [0.25, 0.3) is 0 Å². The van der Waals surface area contributed by atoms with Crippen LogP contribution < -0.4 is 0 Å². The van der Waals surface area contributed by atoms with E-state index in [1.54, 1.807) is 0 Å². The number of alkyl halides is 2. The number of hydrogen-bond acceptors (Lipinski definition) is 2. The molecule has 0 saturated heterocycles. The van der Waals surface area contributed by atoms with Crippen LogP contribution in [0.15, 0.2) is 10.2 Å². The molecule has 48 valence electrons. The molecule has 0 heterocycles. The number of azo groups is 1. The molecule has 0 radical (unpaired) electrons. The van der Waals surface area contributed by atoms with E-state index in [1.165, 1.54) is 7.05 Å². The fraction of sp³-hybridized carbons (Fsp3) is 1.00. The fourth-order valence-corrected chi connectivity index (χ4v) is 0.273. The van der Waals surface area contributed by atoms with E-state index in [0.29, 0.717) is 0 Å². The lowest BCUT2D eigenvalue weighted by atomic mass is 10.4. The Balaban J connectivity index is 3.17. The van der Waals surface area contributed by atoms with Gasteiger partial charge in [0.05, 0.1) is 6.67 Å². The van der Waals surface area contributed by atoms with E-state index >= 15 is 0 Å². The largest absolute Gasteiger partial charge is 0.251 e. The number of nitrogens with zero attached hydrogens (tertiary/aromatic N) is 2. The van der Waals surface area contributed by atoms with Crippen molar-refractivity contribution in [1.82, 2.24) is 0 Å². The van der Waals surface area contributed by atoms with Gasteiger partial charge in [-0.3, -0.25) is 4.39 Å². The summed E-state index contributed by atoms with van der Waals surface area (Å²) in [7, 11) is 1.35. The van der Waals surface area contributed by atoms with Crippen molar-refractivity contribution < 1.29 is 8.78 Å². The molecule has 2 nitrogen and oxygen atoms in total. The van der Waals surface area contributed by atoms with Crippen LogP contribution in [0.2, 0.25) is 0 Å². The maximum atomic E-state index is 11.9. The predicted octanol–water partition coefficient (Wildman–Crippen LogP) is 1.72. The van der Waals surface area contributed by atoms with Gasteiger partial charge in [0.15, 0.2) is 0 Å². The van der Waals surface area contributed by atoms with Gasteiger partial charge in [-0.15, -0.1) is 0 Å². The first-order valence-electron chi connectivity index (χ1n) is 2.30. The average molecular weight is 122 g/mol. The summed E-state index contributed by atoms with van der Waals surface area (Å²) < 4.78 is 23.1. The molecule has 0 fully saturated rings. The van der Waals surface area contributed by atoms with Crippen LogP contribution in [0, 0.1) is 0 Å². The van der Waals surface area contributed by atoms with Crippen molar-refractivity contribution in [3.63, 3.8) is 0 Å². The van der Waals surface area contributed by atoms with Crippen molar-refractivity contribution in [3.05, 3.63) is 0 Å². The zero-order valence-electron chi connectivity index (χ0n) is 4.64. The molecule has 0 rings (SSSR count). The highest BCUT2D eigenvalue weighted by Crippen LogP contribution is 1.98. The summed E-state index contributed by atoms with van der Waals surface area (Å²) in [5.41, 5.74) is 0. The third-order valence-corrected chi connectivity index (χ3v) is 0.588. The lowest BCUT2D eigenvalue weighted by Gasteiger charge is -1.92. The second kappa shape index (κ2) is 4.61. The Morgan fingerprint density at radius 1 is 1.62 bits per heavy atom. The monoisotopic (exact) mass is 122 g/mol. The van der Waals surface area contributed by atoms with Crippen LogP contribution in [0.25, 0.3) is 0 Å². The standard InChI is InChI=1S/C4H8F2N2/c1-7-8-4(6)2-3-5/h4H,2-3H2,1H3. The summed E-state index contributed by atoms with van der Waals surface area (Å²) in [5, 5.41) is 6.17. The minimum atomic E-state index is -1.45. The second-order valence-electron chi connectivity index (χ2n) is 1.23. The van der Waals surface area contributed by atoms with Crippen molar-refractivity contribution in [3.8, 4) is 0 Å². The molecular formula is C4H8F2N2. The zero-order chi connectivity index (χ0) is 6.41. The lowest BCUT2D eigenvalue weighted by molar-refractivity contribution is 0.283. The predicted molar refractivity (Wildman–Crippen MR) is 26.3 cm³/mol. The van der Waals surface area contributed by atoms with Gasteiger partial charge in [-0.1, -0.05) is 0 Å². The lowest BCUT2D eigenvalue weighted by Crippen LogP contribution is -1.94. The first kappa shape index (κ1) is 7.46. The molecule has 0 aliphatic heterocycles. The highest BCUT2D eigenvalue weighted by Gasteiger charge is 1.99. The van der Waals surface area contributed by atoms with Crippen molar-refractivity contribution in [2.24, 2.45) is 10.2 Å². The van der Waals surface area contributed by atoms with E-state index in [9.17, 15) is 8.78 Å². The van der Waals surface area contributed by atoms with E-state index < -0.39 is 13.0 Å². The summed E-state index contributed by atoms with van der Waals surface area (Å²) in [6.07, 6.45) is -1.64. The van der Waals surface area contributed by atoms with Gasteiger partial charge >= 0.3 is 0 Å². The first-order chi connectivity index (χ1) is 3.81. The topological polar surface area (TPSA) is 24.7 Å². The van der Waals surface area contributed by atoms with Crippen molar-refractivity contribution >= 4 is 0 Å². The van der Waals surface area contributed by atoms with Crippen LogP contribution in [0.4, 0.5) is 8.78 Å². The first-order valence-corrected chi connectivity index (χ1v) is 2.30. The maximum absolute atomic E-state index is 11.9. The van der Waals surface area contributed by atoms with Gasteiger partial charge in [0.2, 0.25) is 6.30 Å². The molecule has 0 aromatic rings. The molecule has 1 unspecified atom stereocenters. The molecule has 0 spiro atoms. The van der Waals surface area contributed by atoms with Crippen LogP contribution in [-0.2, 0) is 0 Å². The van der Waals surface area contributed by atoms with E-state index in [4.69, 9.17) is 0 Å². The smallest absolute Gasteiger partial charge is 0.212 e. The van der Waals surface area contributed by atoms with E-state index in [-0.39, 0.29) is 6.42 Å². The third-order valence-electron chi connectivity index (χ3n) is 0.588. The van der Waals surface area contributed by atoms with Crippen LogP contribution in [0.3, 0.4) is 0 Å². The molecule has 0 aliphatic carbocycles. The van der Waals surface area contributed by atoms with Gasteiger partial charge in [-0.2, -0.15) is 10.2 Å². The normalized spacial score (nSPS) is 14.9.